The largest absolute Gasteiger partial charge is 0.507 e. The Labute approximate surface area is 161 Å². The van der Waals surface area contributed by atoms with E-state index in [1.807, 2.05) is 0 Å². The van der Waals surface area contributed by atoms with Gasteiger partial charge < -0.3 is 15.3 Å². The molecule has 2 N–H and O–H groups in total. The van der Waals surface area contributed by atoms with Crippen LogP contribution in [0.15, 0.2) is 34.8 Å². The Morgan fingerprint density at radius 3 is 2.52 bits per heavy atom. The van der Waals surface area contributed by atoms with Gasteiger partial charge in [-0.15, -0.1) is 0 Å². The first-order valence-corrected chi connectivity index (χ1v) is 8.75. The van der Waals surface area contributed by atoms with Gasteiger partial charge in [0.15, 0.2) is 17.5 Å². The summed E-state index contributed by atoms with van der Waals surface area (Å²) >= 11 is 3.20. The fraction of sp³-hybridized carbons (Fsp3) is 0.222. The molecule has 0 aliphatic carbocycles. The molecule has 0 atom stereocenters. The van der Waals surface area contributed by atoms with Crippen molar-refractivity contribution in [1.82, 2.24) is 4.90 Å². The molecule has 0 aliphatic heterocycles. The second-order valence-electron chi connectivity index (χ2n) is 5.66. The minimum atomic E-state index is -1.70. The van der Waals surface area contributed by atoms with Crippen LogP contribution in [0.25, 0.3) is 0 Å². The van der Waals surface area contributed by atoms with E-state index in [9.17, 15) is 27.9 Å². The number of rotatable bonds is 6. The normalized spacial score (nSPS) is 10.6. The van der Waals surface area contributed by atoms with Crippen molar-refractivity contribution in [3.8, 4) is 5.75 Å². The zero-order chi connectivity index (χ0) is 20.1. The molecule has 0 bridgehead atoms. The molecule has 0 heterocycles. The molecule has 2 aromatic rings. The van der Waals surface area contributed by atoms with Crippen molar-refractivity contribution in [2.45, 2.75) is 13.3 Å². The monoisotopic (exact) mass is 444 g/mol. The van der Waals surface area contributed by atoms with Gasteiger partial charge in [-0.3, -0.25) is 9.59 Å². The summed E-state index contributed by atoms with van der Waals surface area (Å²) in [6, 6.07) is 5.86. The Kier molecular flexibility index (Phi) is 6.84. The number of hydrogen-bond acceptors (Lipinski definition) is 3. The number of benzene rings is 2. The van der Waals surface area contributed by atoms with Gasteiger partial charge in [-0.2, -0.15) is 0 Å². The molecule has 2 amide bonds. The molecule has 0 fully saturated rings. The van der Waals surface area contributed by atoms with Crippen molar-refractivity contribution in [2.75, 3.05) is 18.4 Å². The maximum absolute atomic E-state index is 13.7. The molecule has 0 aromatic heterocycles. The highest BCUT2D eigenvalue weighted by Crippen LogP contribution is 2.24. The van der Waals surface area contributed by atoms with Gasteiger partial charge in [0.05, 0.1) is 11.3 Å². The van der Waals surface area contributed by atoms with E-state index in [2.05, 4.69) is 21.2 Å². The molecule has 27 heavy (non-hydrogen) atoms. The van der Waals surface area contributed by atoms with E-state index in [-0.39, 0.29) is 17.9 Å². The fourth-order valence-corrected chi connectivity index (χ4v) is 2.72. The van der Waals surface area contributed by atoms with Crippen LogP contribution < -0.4 is 5.32 Å². The van der Waals surface area contributed by atoms with Crippen molar-refractivity contribution in [3.05, 3.63) is 57.8 Å². The number of hydrogen-bond donors (Lipinski definition) is 2. The number of aromatic hydroxyl groups is 1. The summed E-state index contributed by atoms with van der Waals surface area (Å²) in [5.41, 5.74) is -0.544. The highest BCUT2D eigenvalue weighted by Gasteiger charge is 2.22. The van der Waals surface area contributed by atoms with Gasteiger partial charge in [0.1, 0.15) is 12.3 Å². The summed E-state index contributed by atoms with van der Waals surface area (Å²) < 4.78 is 40.5. The van der Waals surface area contributed by atoms with Gasteiger partial charge in [-0.25, -0.2) is 13.2 Å². The highest BCUT2D eigenvalue weighted by atomic mass is 79.9. The third-order valence-electron chi connectivity index (χ3n) is 3.61. The third kappa shape index (κ3) is 5.00. The summed E-state index contributed by atoms with van der Waals surface area (Å²) in [7, 11) is 0. The minimum Gasteiger partial charge on any atom is -0.507 e. The molecular weight excluding hydrogens is 429 g/mol. The second kappa shape index (κ2) is 8.90. The van der Waals surface area contributed by atoms with Crippen LogP contribution in [-0.2, 0) is 4.79 Å². The van der Waals surface area contributed by atoms with Crippen molar-refractivity contribution in [1.29, 1.82) is 0 Å². The van der Waals surface area contributed by atoms with E-state index in [0.717, 1.165) is 11.0 Å². The van der Waals surface area contributed by atoms with Gasteiger partial charge in [-0.05, 0) is 36.8 Å². The van der Waals surface area contributed by atoms with Crippen molar-refractivity contribution >= 4 is 33.4 Å². The van der Waals surface area contributed by atoms with Gasteiger partial charge in [0.25, 0.3) is 5.91 Å². The number of anilines is 1. The molecule has 0 radical (unpaired) electrons. The van der Waals surface area contributed by atoms with Gasteiger partial charge in [0, 0.05) is 11.0 Å². The number of nitrogens with zero attached hydrogens (tertiary/aromatic N) is 1. The number of carbonyl (C=O) groups is 2. The van der Waals surface area contributed by atoms with E-state index < -0.39 is 41.5 Å². The van der Waals surface area contributed by atoms with Crippen LogP contribution in [0.2, 0.25) is 0 Å². The molecule has 0 unspecified atom stereocenters. The molecule has 2 aromatic carbocycles. The average Bonchev–Trinajstić information content (AvgIpc) is 2.63. The topological polar surface area (TPSA) is 69.6 Å². The van der Waals surface area contributed by atoms with Crippen LogP contribution in [0.1, 0.15) is 23.7 Å². The van der Waals surface area contributed by atoms with E-state index in [1.165, 1.54) is 12.1 Å². The maximum Gasteiger partial charge on any atom is 0.258 e. The molecule has 0 saturated carbocycles. The van der Waals surface area contributed by atoms with E-state index in [0.29, 0.717) is 17.0 Å². The van der Waals surface area contributed by atoms with Crippen LogP contribution in [0.4, 0.5) is 18.9 Å². The Bertz CT molecular complexity index is 877. The number of phenolic OH excluding ortho intramolecular Hbond substituents is 1. The lowest BCUT2D eigenvalue weighted by atomic mass is 10.1. The number of phenols is 1. The SMILES string of the molecule is CCCN(CC(=O)Nc1ccc(F)c(F)c1F)C(=O)c1cc(Br)ccc1O. The summed E-state index contributed by atoms with van der Waals surface area (Å²) in [4.78, 5) is 26.0. The Hall–Kier alpha value is -2.55. The molecule has 9 heteroatoms. The Morgan fingerprint density at radius 1 is 1.15 bits per heavy atom. The highest BCUT2D eigenvalue weighted by molar-refractivity contribution is 9.10. The smallest absolute Gasteiger partial charge is 0.258 e. The van der Waals surface area contributed by atoms with Crippen LogP contribution in [0, 0.1) is 17.5 Å². The number of amides is 2. The van der Waals surface area contributed by atoms with Crippen molar-refractivity contribution in [3.63, 3.8) is 0 Å². The first-order chi connectivity index (χ1) is 12.7. The summed E-state index contributed by atoms with van der Waals surface area (Å²) in [5, 5.41) is 12.0. The molecule has 0 spiro atoms. The molecule has 0 aliphatic rings. The fourth-order valence-electron chi connectivity index (χ4n) is 2.36. The number of carbonyl (C=O) groups excluding carboxylic acids is 2. The molecular formula is C18H16BrF3N2O3. The zero-order valence-corrected chi connectivity index (χ0v) is 15.8. The average molecular weight is 445 g/mol. The van der Waals surface area contributed by atoms with Crippen LogP contribution in [0.3, 0.4) is 0 Å². The predicted octanol–water partition coefficient (Wildman–Crippen LogP) is 4.06. The van der Waals surface area contributed by atoms with E-state index >= 15 is 0 Å². The van der Waals surface area contributed by atoms with Gasteiger partial charge in [-0.1, -0.05) is 22.9 Å². The van der Waals surface area contributed by atoms with Crippen molar-refractivity contribution < 1.29 is 27.9 Å². The summed E-state index contributed by atoms with van der Waals surface area (Å²) in [5.74, 6) is -6.25. The molecule has 0 saturated heterocycles. The Morgan fingerprint density at radius 2 is 1.85 bits per heavy atom. The van der Waals surface area contributed by atoms with E-state index in [1.54, 1.807) is 13.0 Å². The van der Waals surface area contributed by atoms with Crippen molar-refractivity contribution in [2.24, 2.45) is 0 Å². The Balaban J connectivity index is 2.18. The number of halogens is 4. The van der Waals surface area contributed by atoms with Crippen LogP contribution >= 0.6 is 15.9 Å². The lowest BCUT2D eigenvalue weighted by molar-refractivity contribution is -0.116. The van der Waals surface area contributed by atoms with Crippen LogP contribution in [0.5, 0.6) is 5.75 Å². The minimum absolute atomic E-state index is 0.00960. The first-order valence-electron chi connectivity index (χ1n) is 7.95. The standard InChI is InChI=1S/C18H16BrF3N2O3/c1-2-7-24(18(27)11-8-10(19)3-6-14(11)25)9-15(26)23-13-5-4-12(20)16(21)17(13)22/h3-6,8,25H,2,7,9H2,1H3,(H,23,26). The van der Waals surface area contributed by atoms with Gasteiger partial charge >= 0.3 is 0 Å². The predicted molar refractivity (Wildman–Crippen MR) is 96.9 cm³/mol. The lowest BCUT2D eigenvalue weighted by Crippen LogP contribution is -2.38. The summed E-state index contributed by atoms with van der Waals surface area (Å²) in [6.45, 7) is 1.52. The van der Waals surface area contributed by atoms with E-state index in [4.69, 9.17) is 0 Å². The molecule has 2 rings (SSSR count). The number of nitrogens with one attached hydrogen (secondary N) is 1. The van der Waals surface area contributed by atoms with Crippen LogP contribution in [-0.4, -0.2) is 34.9 Å². The second-order valence-corrected chi connectivity index (χ2v) is 6.57. The first kappa shape index (κ1) is 20.8. The summed E-state index contributed by atoms with van der Waals surface area (Å²) in [6.07, 6.45) is 0.521. The lowest BCUT2D eigenvalue weighted by Gasteiger charge is -2.22. The molecule has 144 valence electrons. The zero-order valence-electron chi connectivity index (χ0n) is 14.2. The van der Waals surface area contributed by atoms with Gasteiger partial charge in [0.2, 0.25) is 5.91 Å². The quantitative estimate of drug-likeness (QED) is 0.659. The maximum atomic E-state index is 13.7. The molecule has 5 nitrogen and oxygen atoms in total. The third-order valence-corrected chi connectivity index (χ3v) is 4.11.